The molecule has 0 fully saturated rings. The molecule has 5 heteroatoms. The van der Waals surface area contributed by atoms with Crippen LogP contribution in [0.1, 0.15) is 22.8 Å². The third kappa shape index (κ3) is 1.95. The van der Waals surface area contributed by atoms with Crippen LogP contribution in [0.5, 0.6) is 0 Å². The Morgan fingerprint density at radius 1 is 1.30 bits per heavy atom. The van der Waals surface area contributed by atoms with Crippen LogP contribution in [-0.2, 0) is 13.0 Å². The number of imidazole rings is 1. The summed E-state index contributed by atoms with van der Waals surface area (Å²) in [6.45, 7) is 4.45. The molecule has 0 radical (unpaired) electrons. The van der Waals surface area contributed by atoms with Crippen LogP contribution < -0.4 is 0 Å². The fourth-order valence-corrected chi connectivity index (χ4v) is 2.39. The van der Waals surface area contributed by atoms with Crippen molar-refractivity contribution >= 4 is 11.0 Å². The molecule has 0 atom stereocenters. The van der Waals surface area contributed by atoms with Gasteiger partial charge in [-0.15, -0.1) is 0 Å². The standard InChI is InChI=1S/C15H14N4O/c1-10-12(11(2)20-18-10)9-19-14-6-4-3-5-13(14)17-15(19)7-8-16/h3-6H,7,9H2,1-2H3. The molecule has 5 nitrogen and oxygen atoms in total. The van der Waals surface area contributed by atoms with Crippen molar-refractivity contribution in [3.05, 3.63) is 47.1 Å². The number of aryl methyl sites for hydroxylation is 2. The molecule has 20 heavy (non-hydrogen) atoms. The van der Waals surface area contributed by atoms with E-state index in [1.165, 1.54) is 0 Å². The van der Waals surface area contributed by atoms with Crippen LogP contribution in [0.4, 0.5) is 0 Å². The van der Waals surface area contributed by atoms with E-state index in [-0.39, 0.29) is 6.42 Å². The first kappa shape index (κ1) is 12.4. The van der Waals surface area contributed by atoms with Crippen molar-refractivity contribution in [2.45, 2.75) is 26.8 Å². The van der Waals surface area contributed by atoms with Gasteiger partial charge in [-0.05, 0) is 26.0 Å². The van der Waals surface area contributed by atoms with Crippen LogP contribution in [0.15, 0.2) is 28.8 Å². The van der Waals surface area contributed by atoms with Crippen molar-refractivity contribution in [1.29, 1.82) is 5.26 Å². The van der Waals surface area contributed by atoms with Crippen LogP contribution in [0.25, 0.3) is 11.0 Å². The molecule has 2 aromatic heterocycles. The molecule has 0 aliphatic carbocycles. The first-order valence-electron chi connectivity index (χ1n) is 6.43. The molecule has 0 amide bonds. The van der Waals surface area contributed by atoms with Gasteiger partial charge in [0.15, 0.2) is 0 Å². The van der Waals surface area contributed by atoms with E-state index >= 15 is 0 Å². The smallest absolute Gasteiger partial charge is 0.138 e. The van der Waals surface area contributed by atoms with Crippen LogP contribution in [0.2, 0.25) is 0 Å². The van der Waals surface area contributed by atoms with Crippen LogP contribution in [-0.4, -0.2) is 14.7 Å². The lowest BCUT2D eigenvalue weighted by molar-refractivity contribution is 0.392. The molecule has 3 aromatic rings. The van der Waals surface area contributed by atoms with Crippen LogP contribution >= 0.6 is 0 Å². The molecule has 3 rings (SSSR count). The predicted molar refractivity (Wildman–Crippen MR) is 74.1 cm³/mol. The monoisotopic (exact) mass is 266 g/mol. The highest BCUT2D eigenvalue weighted by Crippen LogP contribution is 2.21. The van der Waals surface area contributed by atoms with Gasteiger partial charge in [-0.3, -0.25) is 0 Å². The molecule has 0 aliphatic rings. The van der Waals surface area contributed by atoms with Gasteiger partial charge in [-0.1, -0.05) is 17.3 Å². The van der Waals surface area contributed by atoms with E-state index in [1.54, 1.807) is 0 Å². The minimum Gasteiger partial charge on any atom is -0.361 e. The number of para-hydroxylation sites is 2. The highest BCUT2D eigenvalue weighted by atomic mass is 16.5. The lowest BCUT2D eigenvalue weighted by Gasteiger charge is -2.07. The second kappa shape index (κ2) is 4.82. The Morgan fingerprint density at radius 2 is 2.10 bits per heavy atom. The third-order valence-electron chi connectivity index (χ3n) is 3.47. The number of aromatic nitrogens is 3. The zero-order chi connectivity index (χ0) is 14.1. The number of rotatable bonds is 3. The Labute approximate surface area is 116 Å². The largest absolute Gasteiger partial charge is 0.361 e. The van der Waals surface area contributed by atoms with E-state index in [0.717, 1.165) is 33.9 Å². The van der Waals surface area contributed by atoms with E-state index in [1.807, 2.05) is 38.1 Å². The van der Waals surface area contributed by atoms with Crippen molar-refractivity contribution in [3.8, 4) is 6.07 Å². The summed E-state index contributed by atoms with van der Waals surface area (Å²) in [5.41, 5.74) is 3.86. The Bertz CT molecular complexity index is 787. The SMILES string of the molecule is Cc1noc(C)c1Cn1c(CC#N)nc2ccccc21. The minimum absolute atomic E-state index is 0.290. The highest BCUT2D eigenvalue weighted by Gasteiger charge is 2.15. The van der Waals surface area contributed by atoms with Crippen molar-refractivity contribution in [3.63, 3.8) is 0 Å². The maximum absolute atomic E-state index is 8.97. The van der Waals surface area contributed by atoms with Gasteiger partial charge >= 0.3 is 0 Å². The molecule has 0 saturated carbocycles. The number of fused-ring (bicyclic) bond motifs is 1. The van der Waals surface area contributed by atoms with E-state index in [9.17, 15) is 0 Å². The summed E-state index contributed by atoms with van der Waals surface area (Å²) in [5, 5.41) is 12.9. The number of hydrogen-bond donors (Lipinski definition) is 0. The topological polar surface area (TPSA) is 67.6 Å². The third-order valence-corrected chi connectivity index (χ3v) is 3.47. The van der Waals surface area contributed by atoms with E-state index < -0.39 is 0 Å². The Balaban J connectivity index is 2.14. The van der Waals surface area contributed by atoms with Crippen molar-refractivity contribution in [2.75, 3.05) is 0 Å². The molecule has 2 heterocycles. The van der Waals surface area contributed by atoms with Gasteiger partial charge in [0.25, 0.3) is 0 Å². The van der Waals surface area contributed by atoms with Crippen molar-refractivity contribution in [1.82, 2.24) is 14.7 Å². The maximum atomic E-state index is 8.97. The average molecular weight is 266 g/mol. The first-order chi connectivity index (χ1) is 9.70. The molecule has 0 spiro atoms. The van der Waals surface area contributed by atoms with Gasteiger partial charge in [0.05, 0.1) is 35.8 Å². The van der Waals surface area contributed by atoms with Gasteiger partial charge in [-0.2, -0.15) is 5.26 Å². The molecular formula is C15H14N4O. The average Bonchev–Trinajstić information content (AvgIpc) is 2.95. The van der Waals surface area contributed by atoms with Gasteiger partial charge in [-0.25, -0.2) is 4.98 Å². The number of nitrogens with zero attached hydrogens (tertiary/aromatic N) is 4. The number of benzene rings is 1. The summed E-state index contributed by atoms with van der Waals surface area (Å²) in [5.74, 6) is 1.58. The maximum Gasteiger partial charge on any atom is 0.138 e. The zero-order valence-corrected chi connectivity index (χ0v) is 11.4. The molecule has 0 aliphatic heterocycles. The van der Waals surface area contributed by atoms with Crippen molar-refractivity contribution in [2.24, 2.45) is 0 Å². The number of hydrogen-bond acceptors (Lipinski definition) is 4. The van der Waals surface area contributed by atoms with Gasteiger partial charge in [0, 0.05) is 5.56 Å². The molecular weight excluding hydrogens is 252 g/mol. The minimum atomic E-state index is 0.290. The fraction of sp³-hybridized carbons (Fsp3) is 0.267. The molecule has 1 aromatic carbocycles. The normalized spacial score (nSPS) is 10.8. The summed E-state index contributed by atoms with van der Waals surface area (Å²) in [6, 6.07) is 10.1. The van der Waals surface area contributed by atoms with E-state index in [4.69, 9.17) is 9.78 Å². The van der Waals surface area contributed by atoms with E-state index in [2.05, 4.69) is 20.8 Å². The Kier molecular flexibility index (Phi) is 2.99. The lowest BCUT2D eigenvalue weighted by atomic mass is 10.2. The Hall–Kier alpha value is -2.61. The predicted octanol–water partition coefficient (Wildman–Crippen LogP) is 2.76. The lowest BCUT2D eigenvalue weighted by Crippen LogP contribution is -2.06. The van der Waals surface area contributed by atoms with Crippen LogP contribution in [0, 0.1) is 25.2 Å². The second-order valence-electron chi connectivity index (χ2n) is 4.74. The summed E-state index contributed by atoms with van der Waals surface area (Å²) in [6.07, 6.45) is 0.290. The summed E-state index contributed by atoms with van der Waals surface area (Å²) in [4.78, 5) is 4.53. The van der Waals surface area contributed by atoms with Gasteiger partial charge < -0.3 is 9.09 Å². The zero-order valence-electron chi connectivity index (χ0n) is 11.4. The molecule has 0 unspecified atom stereocenters. The van der Waals surface area contributed by atoms with Crippen LogP contribution in [0.3, 0.4) is 0 Å². The second-order valence-corrected chi connectivity index (χ2v) is 4.74. The van der Waals surface area contributed by atoms with Gasteiger partial charge in [0.1, 0.15) is 11.6 Å². The molecule has 0 saturated heterocycles. The number of nitriles is 1. The molecule has 0 N–H and O–H groups in total. The Morgan fingerprint density at radius 3 is 2.80 bits per heavy atom. The summed E-state index contributed by atoms with van der Waals surface area (Å²) in [7, 11) is 0. The quantitative estimate of drug-likeness (QED) is 0.731. The fourth-order valence-electron chi connectivity index (χ4n) is 2.39. The highest BCUT2D eigenvalue weighted by molar-refractivity contribution is 5.76. The summed E-state index contributed by atoms with van der Waals surface area (Å²) < 4.78 is 7.27. The first-order valence-corrected chi connectivity index (χ1v) is 6.43. The van der Waals surface area contributed by atoms with Gasteiger partial charge in [0.2, 0.25) is 0 Å². The molecule has 100 valence electrons. The summed E-state index contributed by atoms with van der Waals surface area (Å²) >= 11 is 0. The van der Waals surface area contributed by atoms with Crippen molar-refractivity contribution < 1.29 is 4.52 Å². The van der Waals surface area contributed by atoms with E-state index in [0.29, 0.717) is 6.54 Å². The molecule has 0 bridgehead atoms.